The number of rotatable bonds is 3. The number of likely N-dealkylation sites (tertiary alicyclic amines) is 1. The van der Waals surface area contributed by atoms with Gasteiger partial charge in [0.05, 0.1) is 0 Å². The van der Waals surface area contributed by atoms with Crippen LogP contribution in [0, 0.1) is 5.92 Å². The lowest BCUT2D eigenvalue weighted by atomic mass is 9.87. The maximum absolute atomic E-state index is 12.1. The quantitative estimate of drug-likeness (QED) is 0.690. The minimum Gasteiger partial charge on any atom is -0.444 e. The Balaban J connectivity index is 2.57. The molecule has 0 aliphatic carbocycles. The number of hydrogen-bond donors (Lipinski definition) is 0. The van der Waals surface area contributed by atoms with Gasteiger partial charge in [-0.15, -0.1) is 0 Å². The van der Waals surface area contributed by atoms with Gasteiger partial charge in [-0.3, -0.25) is 0 Å². The summed E-state index contributed by atoms with van der Waals surface area (Å²) in [7, 11) is 0. The predicted octanol–water partition coefficient (Wildman–Crippen LogP) is 4.94. The Morgan fingerprint density at radius 1 is 1.19 bits per heavy atom. The van der Waals surface area contributed by atoms with Gasteiger partial charge in [0.25, 0.3) is 0 Å². The van der Waals surface area contributed by atoms with E-state index < -0.39 is 5.60 Å². The van der Waals surface area contributed by atoms with Crippen molar-refractivity contribution in [1.82, 2.24) is 4.90 Å². The first-order chi connectivity index (χ1) is 9.73. The largest absolute Gasteiger partial charge is 0.444 e. The van der Waals surface area contributed by atoms with Crippen molar-refractivity contribution < 1.29 is 9.53 Å². The highest BCUT2D eigenvalue weighted by atomic mass is 16.6. The average Bonchev–Trinajstić information content (AvgIpc) is 2.37. The van der Waals surface area contributed by atoms with Crippen molar-refractivity contribution in [3.05, 3.63) is 23.3 Å². The lowest BCUT2D eigenvalue weighted by Crippen LogP contribution is -2.42. The molecule has 0 atom stereocenters. The van der Waals surface area contributed by atoms with Gasteiger partial charge >= 0.3 is 6.09 Å². The van der Waals surface area contributed by atoms with Crippen LogP contribution in [0.3, 0.4) is 0 Å². The van der Waals surface area contributed by atoms with Gasteiger partial charge in [-0.2, -0.15) is 0 Å². The topological polar surface area (TPSA) is 29.5 Å². The number of amides is 1. The van der Waals surface area contributed by atoms with Gasteiger partial charge in [-0.25, -0.2) is 4.79 Å². The molecular weight excluding hydrogens is 262 g/mol. The summed E-state index contributed by atoms with van der Waals surface area (Å²) in [5.74, 6) is 0.601. The summed E-state index contributed by atoms with van der Waals surface area (Å²) in [5.41, 5.74) is 2.42. The van der Waals surface area contributed by atoms with Crippen LogP contribution in [0.2, 0.25) is 0 Å². The highest BCUT2D eigenvalue weighted by molar-refractivity contribution is 5.68. The van der Waals surface area contributed by atoms with E-state index in [-0.39, 0.29) is 6.09 Å². The molecule has 1 heterocycles. The molecular formula is C18H31NO2. The van der Waals surface area contributed by atoms with Crippen LogP contribution in [-0.2, 0) is 4.74 Å². The molecule has 0 N–H and O–H groups in total. The van der Waals surface area contributed by atoms with E-state index >= 15 is 0 Å². The third kappa shape index (κ3) is 6.36. The zero-order valence-corrected chi connectivity index (χ0v) is 14.5. The molecule has 1 aliphatic heterocycles. The van der Waals surface area contributed by atoms with E-state index in [1.807, 2.05) is 25.7 Å². The smallest absolute Gasteiger partial charge is 0.410 e. The van der Waals surface area contributed by atoms with Crippen molar-refractivity contribution in [3.63, 3.8) is 0 Å². The number of ether oxygens (including phenoxy) is 1. The Kier molecular flexibility index (Phi) is 6.50. The Labute approximate surface area is 130 Å². The van der Waals surface area contributed by atoms with Gasteiger partial charge in [0.15, 0.2) is 0 Å². The minimum absolute atomic E-state index is 0.174. The molecule has 0 aromatic rings. The van der Waals surface area contributed by atoms with E-state index in [2.05, 4.69) is 32.9 Å². The first kappa shape index (κ1) is 17.8. The summed E-state index contributed by atoms with van der Waals surface area (Å²) >= 11 is 0. The maximum atomic E-state index is 12.1. The van der Waals surface area contributed by atoms with Crippen molar-refractivity contribution >= 4 is 6.09 Å². The molecule has 0 saturated carbocycles. The first-order valence-electron chi connectivity index (χ1n) is 8.04. The fourth-order valence-corrected chi connectivity index (χ4v) is 2.58. The molecule has 3 heteroatoms. The Bertz CT molecular complexity index is 403. The lowest BCUT2D eigenvalue weighted by molar-refractivity contribution is 0.0194. The second kappa shape index (κ2) is 7.67. The van der Waals surface area contributed by atoms with Gasteiger partial charge in [0.1, 0.15) is 5.60 Å². The van der Waals surface area contributed by atoms with Crippen LogP contribution in [0.1, 0.15) is 60.8 Å². The third-order valence-electron chi connectivity index (χ3n) is 3.71. The summed E-state index contributed by atoms with van der Waals surface area (Å²) in [6.45, 7) is 13.8. The number of piperidine rings is 1. The van der Waals surface area contributed by atoms with Crippen LogP contribution in [0.4, 0.5) is 4.79 Å². The Morgan fingerprint density at radius 3 is 2.19 bits per heavy atom. The van der Waals surface area contributed by atoms with Crippen LogP contribution in [-0.4, -0.2) is 29.7 Å². The van der Waals surface area contributed by atoms with Gasteiger partial charge in [-0.1, -0.05) is 30.2 Å². The molecule has 0 aromatic heterocycles. The van der Waals surface area contributed by atoms with Crippen molar-refractivity contribution in [2.45, 2.75) is 66.4 Å². The second-order valence-electron chi connectivity index (χ2n) is 7.08. The number of carbonyl (C=O) groups is 1. The van der Waals surface area contributed by atoms with E-state index in [1.54, 1.807) is 0 Å². The van der Waals surface area contributed by atoms with Crippen molar-refractivity contribution in [1.29, 1.82) is 0 Å². The van der Waals surface area contributed by atoms with E-state index in [0.29, 0.717) is 5.92 Å². The number of allylic oxidation sites excluding steroid dienone is 4. The average molecular weight is 293 g/mol. The second-order valence-corrected chi connectivity index (χ2v) is 7.08. The maximum Gasteiger partial charge on any atom is 0.410 e. The molecule has 3 nitrogen and oxygen atoms in total. The zero-order valence-electron chi connectivity index (χ0n) is 14.5. The lowest BCUT2D eigenvalue weighted by Gasteiger charge is -2.34. The highest BCUT2D eigenvalue weighted by Gasteiger charge is 2.27. The Hall–Kier alpha value is -1.25. The number of carbonyl (C=O) groups excluding carboxylic acids is 1. The number of hydrogen-bond acceptors (Lipinski definition) is 2. The summed E-state index contributed by atoms with van der Waals surface area (Å²) < 4.78 is 5.44. The van der Waals surface area contributed by atoms with Gasteiger partial charge in [0.2, 0.25) is 0 Å². The molecule has 0 unspecified atom stereocenters. The molecule has 0 radical (unpaired) electrons. The van der Waals surface area contributed by atoms with Crippen molar-refractivity contribution in [3.8, 4) is 0 Å². The monoisotopic (exact) mass is 293 g/mol. The standard InChI is InChI=1S/C18H31NO2/c1-7-15(9-8-14(2)3)16-10-12-19(13-11-16)17(20)21-18(4,5)6/h8-9,16H,7,10-13H2,1-6H3/b15-9+. The SMILES string of the molecule is CC/C(=C\C=C(C)C)C1CCN(C(=O)OC(C)(C)C)CC1. The first-order valence-corrected chi connectivity index (χ1v) is 8.04. The summed E-state index contributed by atoms with van der Waals surface area (Å²) in [6.07, 6.45) is 7.45. The fraction of sp³-hybridized carbons (Fsp3) is 0.722. The molecule has 1 rings (SSSR count). The predicted molar refractivity (Wildman–Crippen MR) is 88.3 cm³/mol. The van der Waals surface area contributed by atoms with E-state index in [1.165, 1.54) is 11.1 Å². The van der Waals surface area contributed by atoms with Crippen LogP contribution in [0.15, 0.2) is 23.3 Å². The zero-order chi connectivity index (χ0) is 16.0. The van der Waals surface area contributed by atoms with Crippen LogP contribution in [0.5, 0.6) is 0 Å². The van der Waals surface area contributed by atoms with Crippen LogP contribution in [0.25, 0.3) is 0 Å². The van der Waals surface area contributed by atoms with E-state index in [9.17, 15) is 4.79 Å². The molecule has 0 bridgehead atoms. The van der Waals surface area contributed by atoms with E-state index in [4.69, 9.17) is 4.74 Å². The molecule has 1 aliphatic rings. The normalized spacial score (nSPS) is 17.6. The van der Waals surface area contributed by atoms with Gasteiger partial charge < -0.3 is 9.64 Å². The highest BCUT2D eigenvalue weighted by Crippen LogP contribution is 2.27. The minimum atomic E-state index is -0.411. The molecule has 1 saturated heterocycles. The van der Waals surface area contributed by atoms with Crippen molar-refractivity contribution in [2.24, 2.45) is 5.92 Å². The van der Waals surface area contributed by atoms with Crippen LogP contribution < -0.4 is 0 Å². The van der Waals surface area contributed by atoms with E-state index in [0.717, 1.165) is 32.4 Å². The number of nitrogens with zero attached hydrogens (tertiary/aromatic N) is 1. The van der Waals surface area contributed by atoms with Crippen LogP contribution >= 0.6 is 0 Å². The molecule has 0 spiro atoms. The Morgan fingerprint density at radius 2 is 1.76 bits per heavy atom. The van der Waals surface area contributed by atoms with Crippen molar-refractivity contribution in [2.75, 3.05) is 13.1 Å². The molecule has 1 fully saturated rings. The summed E-state index contributed by atoms with van der Waals surface area (Å²) in [5, 5.41) is 0. The molecule has 1 amide bonds. The molecule has 120 valence electrons. The third-order valence-corrected chi connectivity index (χ3v) is 3.71. The fourth-order valence-electron chi connectivity index (χ4n) is 2.58. The molecule has 21 heavy (non-hydrogen) atoms. The molecule has 0 aromatic carbocycles. The summed E-state index contributed by atoms with van der Waals surface area (Å²) in [6, 6.07) is 0. The van der Waals surface area contributed by atoms with Gasteiger partial charge in [0, 0.05) is 13.1 Å². The summed E-state index contributed by atoms with van der Waals surface area (Å²) in [4.78, 5) is 13.9. The van der Waals surface area contributed by atoms with Gasteiger partial charge in [-0.05, 0) is 59.8 Å².